The van der Waals surface area contributed by atoms with Crippen molar-refractivity contribution in [2.75, 3.05) is 13.2 Å². The highest BCUT2D eigenvalue weighted by Crippen LogP contribution is 2.27. The first-order valence-electron chi connectivity index (χ1n) is 6.00. The van der Waals surface area contributed by atoms with Crippen LogP contribution < -0.4 is 5.73 Å². The maximum absolute atomic E-state index is 5.91. The molecule has 0 radical (unpaired) electrons. The third-order valence-corrected chi connectivity index (χ3v) is 4.64. The van der Waals surface area contributed by atoms with Gasteiger partial charge in [0.25, 0.3) is 0 Å². The van der Waals surface area contributed by atoms with Gasteiger partial charge in [0.2, 0.25) is 0 Å². The summed E-state index contributed by atoms with van der Waals surface area (Å²) in [6.45, 7) is 4.06. The molecule has 84 valence electrons. The Morgan fingerprint density at radius 2 is 2.29 bits per heavy atom. The van der Waals surface area contributed by atoms with Gasteiger partial charge < -0.3 is 10.5 Å². The van der Waals surface area contributed by atoms with Crippen molar-refractivity contribution in [3.05, 3.63) is 0 Å². The molecular weight excluding hydrogens is 190 g/mol. The molecule has 1 rings (SSSR count). The summed E-state index contributed by atoms with van der Waals surface area (Å²) in [6, 6.07) is 0. The minimum absolute atomic E-state index is 0.312. The van der Waals surface area contributed by atoms with Crippen molar-refractivity contribution < 1.29 is 4.74 Å². The lowest BCUT2D eigenvalue weighted by Gasteiger charge is -2.34. The zero-order valence-electron chi connectivity index (χ0n) is 9.72. The van der Waals surface area contributed by atoms with Crippen LogP contribution in [0.2, 0.25) is 0 Å². The third kappa shape index (κ3) is 4.11. The van der Waals surface area contributed by atoms with Crippen molar-refractivity contribution in [2.24, 2.45) is 11.7 Å². The molecule has 3 heteroatoms. The lowest BCUT2D eigenvalue weighted by atomic mass is 9.98. The molecular formula is C11H25NOSi. The van der Waals surface area contributed by atoms with Crippen molar-refractivity contribution in [2.45, 2.75) is 50.7 Å². The summed E-state index contributed by atoms with van der Waals surface area (Å²) in [4.78, 5) is 0. The Kier molecular flexibility index (Phi) is 5.13. The minimum atomic E-state index is 0.312. The van der Waals surface area contributed by atoms with Crippen LogP contribution in [0.5, 0.6) is 0 Å². The quantitative estimate of drug-likeness (QED) is 0.695. The normalized spacial score (nSPS) is 30.4. The van der Waals surface area contributed by atoms with E-state index in [9.17, 15) is 0 Å². The molecule has 1 aliphatic rings. The van der Waals surface area contributed by atoms with Gasteiger partial charge in [0.15, 0.2) is 0 Å². The van der Waals surface area contributed by atoms with Gasteiger partial charge in [-0.2, -0.15) is 0 Å². The molecule has 2 unspecified atom stereocenters. The number of hydrogen-bond acceptors (Lipinski definition) is 2. The zero-order valence-corrected chi connectivity index (χ0v) is 11.7. The van der Waals surface area contributed by atoms with Gasteiger partial charge in [-0.25, -0.2) is 0 Å². The molecule has 0 aromatic rings. The second kappa shape index (κ2) is 5.88. The van der Waals surface area contributed by atoms with E-state index >= 15 is 0 Å². The van der Waals surface area contributed by atoms with Crippen molar-refractivity contribution in [1.82, 2.24) is 0 Å². The molecule has 2 atom stereocenters. The van der Waals surface area contributed by atoms with E-state index in [1.165, 1.54) is 48.8 Å². The van der Waals surface area contributed by atoms with Crippen molar-refractivity contribution >= 4 is 10.2 Å². The summed E-state index contributed by atoms with van der Waals surface area (Å²) < 4.78 is 5.91. The lowest BCUT2D eigenvalue weighted by Crippen LogP contribution is -2.36. The van der Waals surface area contributed by atoms with Gasteiger partial charge in [-0.1, -0.05) is 13.3 Å². The molecule has 0 bridgehead atoms. The predicted octanol–water partition coefficient (Wildman–Crippen LogP) is 1.01. The molecule has 2 N–H and O–H groups in total. The summed E-state index contributed by atoms with van der Waals surface area (Å²) in [6.07, 6.45) is 7.77. The van der Waals surface area contributed by atoms with Crippen LogP contribution in [-0.4, -0.2) is 28.6 Å². The van der Waals surface area contributed by atoms with Gasteiger partial charge in [-0.05, 0) is 44.6 Å². The number of rotatable bonds is 5. The molecule has 1 saturated heterocycles. The minimum Gasteiger partial charge on any atom is -0.380 e. The van der Waals surface area contributed by atoms with Gasteiger partial charge in [0.1, 0.15) is 0 Å². The van der Waals surface area contributed by atoms with E-state index in [0.29, 0.717) is 11.1 Å². The van der Waals surface area contributed by atoms with Gasteiger partial charge in [-0.15, -0.1) is 0 Å². The summed E-state index contributed by atoms with van der Waals surface area (Å²) in [7, 11) is 1.19. The molecule has 0 aliphatic carbocycles. The van der Waals surface area contributed by atoms with Crippen LogP contribution in [0.25, 0.3) is 0 Å². The van der Waals surface area contributed by atoms with Crippen LogP contribution in [0.4, 0.5) is 0 Å². The third-order valence-electron chi connectivity index (χ3n) is 3.36. The van der Waals surface area contributed by atoms with Gasteiger partial charge in [-0.3, -0.25) is 0 Å². The van der Waals surface area contributed by atoms with E-state index in [2.05, 4.69) is 6.92 Å². The second-order valence-corrected chi connectivity index (χ2v) is 6.81. The van der Waals surface area contributed by atoms with Gasteiger partial charge in [0, 0.05) is 22.1 Å². The van der Waals surface area contributed by atoms with Crippen molar-refractivity contribution in [3.63, 3.8) is 0 Å². The van der Waals surface area contributed by atoms with Crippen LogP contribution in [-0.2, 0) is 4.74 Å². The highest BCUT2D eigenvalue weighted by atomic mass is 28.1. The van der Waals surface area contributed by atoms with E-state index in [0.717, 1.165) is 13.2 Å². The van der Waals surface area contributed by atoms with Crippen molar-refractivity contribution in [3.8, 4) is 0 Å². The van der Waals surface area contributed by atoms with Crippen LogP contribution in [0, 0.1) is 5.92 Å². The molecule has 0 saturated carbocycles. The first-order chi connectivity index (χ1) is 6.66. The smallest absolute Gasteiger partial charge is 0.0486 e. The summed E-state index contributed by atoms with van der Waals surface area (Å²) in [5.41, 5.74) is 5.60. The highest BCUT2D eigenvalue weighted by Gasteiger charge is 2.26. The van der Waals surface area contributed by atoms with Crippen LogP contribution in [0.15, 0.2) is 0 Å². The topological polar surface area (TPSA) is 35.2 Å². The maximum atomic E-state index is 5.91. The van der Waals surface area contributed by atoms with Gasteiger partial charge in [0.05, 0.1) is 0 Å². The van der Waals surface area contributed by atoms with E-state index in [4.69, 9.17) is 10.5 Å². The second-order valence-electron chi connectivity index (χ2n) is 4.99. The Hall–Kier alpha value is 0.137. The fraction of sp³-hybridized carbons (Fsp3) is 1.00. The van der Waals surface area contributed by atoms with Crippen LogP contribution in [0.3, 0.4) is 0 Å². The number of nitrogens with two attached hydrogens (primary N) is 1. The van der Waals surface area contributed by atoms with E-state index in [1.54, 1.807) is 0 Å². The summed E-state index contributed by atoms with van der Waals surface area (Å²) >= 11 is 0. The molecule has 14 heavy (non-hydrogen) atoms. The Labute approximate surface area is 91.0 Å². The first kappa shape index (κ1) is 12.2. The fourth-order valence-electron chi connectivity index (χ4n) is 2.13. The Morgan fingerprint density at radius 3 is 2.86 bits per heavy atom. The summed E-state index contributed by atoms with van der Waals surface area (Å²) in [5, 5.41) is 0.312. The van der Waals surface area contributed by atoms with Gasteiger partial charge >= 0.3 is 0 Å². The van der Waals surface area contributed by atoms with Crippen LogP contribution in [0.1, 0.15) is 45.4 Å². The molecule has 0 amide bonds. The Bertz CT molecular complexity index is 157. The van der Waals surface area contributed by atoms with Crippen LogP contribution >= 0.6 is 0 Å². The molecule has 0 aromatic carbocycles. The van der Waals surface area contributed by atoms with E-state index < -0.39 is 0 Å². The molecule has 0 aromatic heterocycles. The van der Waals surface area contributed by atoms with E-state index in [-0.39, 0.29) is 0 Å². The number of hydrogen-bond donors (Lipinski definition) is 1. The van der Waals surface area contributed by atoms with Crippen molar-refractivity contribution in [1.29, 1.82) is 0 Å². The largest absolute Gasteiger partial charge is 0.380 e. The first-order valence-corrected chi connectivity index (χ1v) is 7.00. The zero-order chi connectivity index (χ0) is 10.4. The maximum Gasteiger partial charge on any atom is 0.0486 e. The average Bonchev–Trinajstić information content (AvgIpc) is 2.18. The molecule has 1 heterocycles. The number of ether oxygens (including phenoxy) is 1. The Balaban J connectivity index is 2.15. The molecule has 1 fully saturated rings. The summed E-state index contributed by atoms with van der Waals surface area (Å²) in [5.74, 6) is 0.684. The fourth-order valence-corrected chi connectivity index (χ4v) is 3.04. The van der Waals surface area contributed by atoms with E-state index in [1.807, 2.05) is 0 Å². The molecule has 1 aliphatic heterocycles. The molecule has 0 spiro atoms. The molecule has 2 nitrogen and oxygen atoms in total. The lowest BCUT2D eigenvalue weighted by molar-refractivity contribution is -0.0243. The highest BCUT2D eigenvalue weighted by molar-refractivity contribution is 6.14. The monoisotopic (exact) mass is 215 g/mol. The standard InChI is InChI=1S/C11H25NOSi/c1-10(9-12)5-4-7-11(14)6-2-3-8-13-11/h10H,2-9,12H2,1,14H3. The predicted molar refractivity (Wildman–Crippen MR) is 64.5 cm³/mol. The Morgan fingerprint density at radius 1 is 1.50 bits per heavy atom. The SMILES string of the molecule is CC(CN)CCCC1([SiH3])CCCCO1. The average molecular weight is 215 g/mol.